The van der Waals surface area contributed by atoms with Crippen LogP contribution in [-0.4, -0.2) is 19.1 Å². The van der Waals surface area contributed by atoms with E-state index >= 15 is 0 Å². The van der Waals surface area contributed by atoms with Crippen LogP contribution in [-0.2, 0) is 9.53 Å². The third-order valence-corrected chi connectivity index (χ3v) is 3.66. The molecule has 1 aromatic carbocycles. The molecule has 0 aliphatic carbocycles. The fraction of sp³-hybridized carbons (Fsp3) is 0.462. The standard InChI is InChI=1S/C13H15BrFNO2/c1-8-5-11(15)10(14)6-12(8)16-13(17)9-3-2-4-18-7-9/h5-6,9H,2-4,7H2,1H3,(H,16,17). The summed E-state index contributed by atoms with van der Waals surface area (Å²) >= 11 is 3.12. The summed E-state index contributed by atoms with van der Waals surface area (Å²) in [6.45, 7) is 2.96. The van der Waals surface area contributed by atoms with Crippen molar-refractivity contribution in [2.75, 3.05) is 18.5 Å². The number of anilines is 1. The summed E-state index contributed by atoms with van der Waals surface area (Å²) in [7, 11) is 0. The molecule has 1 atom stereocenters. The van der Waals surface area contributed by atoms with Gasteiger partial charge in [-0.05, 0) is 53.4 Å². The molecule has 98 valence electrons. The highest BCUT2D eigenvalue weighted by molar-refractivity contribution is 9.10. The number of carbonyl (C=O) groups is 1. The Bertz CT molecular complexity index is 459. The number of nitrogens with one attached hydrogen (secondary N) is 1. The molecule has 1 heterocycles. The van der Waals surface area contributed by atoms with Gasteiger partial charge in [0.15, 0.2) is 0 Å². The normalized spacial score (nSPS) is 19.6. The maximum Gasteiger partial charge on any atom is 0.229 e. The van der Waals surface area contributed by atoms with E-state index < -0.39 is 0 Å². The Morgan fingerprint density at radius 2 is 2.33 bits per heavy atom. The highest BCUT2D eigenvalue weighted by Crippen LogP contribution is 2.25. The molecule has 3 nitrogen and oxygen atoms in total. The average Bonchev–Trinajstić information content (AvgIpc) is 2.37. The number of rotatable bonds is 2. The van der Waals surface area contributed by atoms with Crippen LogP contribution in [0, 0.1) is 18.7 Å². The summed E-state index contributed by atoms with van der Waals surface area (Å²) in [5.41, 5.74) is 1.35. The first-order valence-corrected chi connectivity index (χ1v) is 6.71. The van der Waals surface area contributed by atoms with Crippen molar-refractivity contribution in [3.8, 4) is 0 Å². The Morgan fingerprint density at radius 1 is 1.56 bits per heavy atom. The summed E-state index contributed by atoms with van der Waals surface area (Å²) in [6, 6.07) is 2.99. The highest BCUT2D eigenvalue weighted by Gasteiger charge is 2.22. The first-order chi connectivity index (χ1) is 8.58. The van der Waals surface area contributed by atoms with Crippen molar-refractivity contribution in [2.45, 2.75) is 19.8 Å². The van der Waals surface area contributed by atoms with Crippen LogP contribution in [0.4, 0.5) is 10.1 Å². The zero-order valence-electron chi connectivity index (χ0n) is 10.1. The fourth-order valence-electron chi connectivity index (χ4n) is 1.96. The molecule has 1 aliphatic rings. The fourth-order valence-corrected chi connectivity index (χ4v) is 2.31. The van der Waals surface area contributed by atoms with Crippen LogP contribution >= 0.6 is 15.9 Å². The molecular formula is C13H15BrFNO2. The predicted octanol–water partition coefficient (Wildman–Crippen LogP) is 3.26. The van der Waals surface area contributed by atoms with E-state index in [0.29, 0.717) is 22.3 Å². The number of ether oxygens (including phenoxy) is 1. The molecule has 1 fully saturated rings. The molecule has 0 aromatic heterocycles. The van der Waals surface area contributed by atoms with Gasteiger partial charge in [0.1, 0.15) is 5.82 Å². The second-order valence-electron chi connectivity index (χ2n) is 4.48. The van der Waals surface area contributed by atoms with Crippen LogP contribution in [0.1, 0.15) is 18.4 Å². The van der Waals surface area contributed by atoms with Crippen LogP contribution in [0.2, 0.25) is 0 Å². The summed E-state index contributed by atoms with van der Waals surface area (Å²) in [5, 5.41) is 2.83. The van der Waals surface area contributed by atoms with Crippen LogP contribution in [0.5, 0.6) is 0 Å². The van der Waals surface area contributed by atoms with E-state index in [1.807, 2.05) is 0 Å². The van der Waals surface area contributed by atoms with Gasteiger partial charge in [-0.2, -0.15) is 0 Å². The Morgan fingerprint density at radius 3 is 3.00 bits per heavy atom. The number of carbonyl (C=O) groups excluding carboxylic acids is 1. The van der Waals surface area contributed by atoms with E-state index in [-0.39, 0.29) is 17.6 Å². The van der Waals surface area contributed by atoms with Gasteiger partial charge >= 0.3 is 0 Å². The SMILES string of the molecule is Cc1cc(F)c(Br)cc1NC(=O)C1CCCOC1. The summed E-state index contributed by atoms with van der Waals surface area (Å²) < 4.78 is 18.9. The second kappa shape index (κ2) is 5.80. The molecule has 1 amide bonds. The van der Waals surface area contributed by atoms with Crippen molar-refractivity contribution in [1.82, 2.24) is 0 Å². The molecule has 0 radical (unpaired) electrons. The molecule has 2 rings (SSSR count). The minimum Gasteiger partial charge on any atom is -0.381 e. The van der Waals surface area contributed by atoms with E-state index in [1.54, 1.807) is 13.0 Å². The topological polar surface area (TPSA) is 38.3 Å². The molecular weight excluding hydrogens is 301 g/mol. The van der Waals surface area contributed by atoms with Gasteiger partial charge < -0.3 is 10.1 Å². The van der Waals surface area contributed by atoms with Gasteiger partial charge in [0.2, 0.25) is 5.91 Å². The first kappa shape index (κ1) is 13.5. The Balaban J connectivity index is 2.08. The van der Waals surface area contributed by atoms with E-state index in [1.165, 1.54) is 6.07 Å². The van der Waals surface area contributed by atoms with E-state index in [2.05, 4.69) is 21.2 Å². The van der Waals surface area contributed by atoms with Gasteiger partial charge in [-0.25, -0.2) is 4.39 Å². The van der Waals surface area contributed by atoms with Crippen molar-refractivity contribution >= 4 is 27.5 Å². The van der Waals surface area contributed by atoms with Crippen molar-refractivity contribution in [3.63, 3.8) is 0 Å². The molecule has 1 aliphatic heterocycles. The molecule has 1 aromatic rings. The monoisotopic (exact) mass is 315 g/mol. The minimum atomic E-state index is -0.327. The van der Waals surface area contributed by atoms with Gasteiger partial charge in [0, 0.05) is 12.3 Å². The lowest BCUT2D eigenvalue weighted by Gasteiger charge is -2.21. The van der Waals surface area contributed by atoms with Crippen molar-refractivity contribution < 1.29 is 13.9 Å². The Labute approximate surface area is 114 Å². The lowest BCUT2D eigenvalue weighted by molar-refractivity contribution is -0.123. The summed E-state index contributed by atoms with van der Waals surface area (Å²) in [4.78, 5) is 12.0. The van der Waals surface area contributed by atoms with E-state index in [9.17, 15) is 9.18 Å². The molecule has 0 saturated carbocycles. The lowest BCUT2D eigenvalue weighted by atomic mass is 10.0. The second-order valence-corrected chi connectivity index (χ2v) is 5.34. The quantitative estimate of drug-likeness (QED) is 0.909. The largest absolute Gasteiger partial charge is 0.381 e. The van der Waals surface area contributed by atoms with E-state index in [0.717, 1.165) is 19.4 Å². The number of halogens is 2. The molecule has 1 saturated heterocycles. The molecule has 1 N–H and O–H groups in total. The smallest absolute Gasteiger partial charge is 0.229 e. The van der Waals surface area contributed by atoms with Crippen LogP contribution in [0.3, 0.4) is 0 Å². The van der Waals surface area contributed by atoms with Gasteiger partial charge in [0.25, 0.3) is 0 Å². The summed E-state index contributed by atoms with van der Waals surface area (Å²) in [5.74, 6) is -0.496. The van der Waals surface area contributed by atoms with Crippen molar-refractivity contribution in [2.24, 2.45) is 5.92 Å². The number of hydrogen-bond acceptors (Lipinski definition) is 2. The third kappa shape index (κ3) is 3.09. The Kier molecular flexibility index (Phi) is 4.35. The molecule has 0 spiro atoms. The number of benzene rings is 1. The maximum atomic E-state index is 13.3. The third-order valence-electron chi connectivity index (χ3n) is 3.06. The average molecular weight is 316 g/mol. The zero-order valence-corrected chi connectivity index (χ0v) is 11.7. The predicted molar refractivity (Wildman–Crippen MR) is 71.0 cm³/mol. The zero-order chi connectivity index (χ0) is 13.1. The van der Waals surface area contributed by atoms with Gasteiger partial charge in [0.05, 0.1) is 17.0 Å². The molecule has 18 heavy (non-hydrogen) atoms. The molecule has 0 bridgehead atoms. The Hall–Kier alpha value is -0.940. The first-order valence-electron chi connectivity index (χ1n) is 5.92. The van der Waals surface area contributed by atoms with Crippen molar-refractivity contribution in [1.29, 1.82) is 0 Å². The van der Waals surface area contributed by atoms with Crippen molar-refractivity contribution in [3.05, 3.63) is 28.0 Å². The molecule has 5 heteroatoms. The number of aryl methyl sites for hydroxylation is 1. The number of amides is 1. The van der Waals surface area contributed by atoms with Crippen LogP contribution < -0.4 is 5.32 Å². The summed E-state index contributed by atoms with van der Waals surface area (Å²) in [6.07, 6.45) is 1.75. The molecule has 1 unspecified atom stereocenters. The van der Waals surface area contributed by atoms with Crippen LogP contribution in [0.25, 0.3) is 0 Å². The lowest BCUT2D eigenvalue weighted by Crippen LogP contribution is -2.30. The maximum absolute atomic E-state index is 13.3. The van der Waals surface area contributed by atoms with Gasteiger partial charge in [-0.3, -0.25) is 4.79 Å². The highest BCUT2D eigenvalue weighted by atomic mass is 79.9. The minimum absolute atomic E-state index is 0.0590. The number of hydrogen-bond donors (Lipinski definition) is 1. The van der Waals surface area contributed by atoms with Gasteiger partial charge in [-0.15, -0.1) is 0 Å². The van der Waals surface area contributed by atoms with E-state index in [4.69, 9.17) is 4.74 Å². The van der Waals surface area contributed by atoms with Crippen LogP contribution in [0.15, 0.2) is 16.6 Å². The van der Waals surface area contributed by atoms with Gasteiger partial charge in [-0.1, -0.05) is 0 Å².